The zero-order valence-electron chi connectivity index (χ0n) is 38.0. The van der Waals surface area contributed by atoms with E-state index in [0.29, 0.717) is 13.0 Å². The number of rotatable bonds is 43. The SMILES string of the molecule is CCCCC/C=C\CCCCCCCCOCC(COC1OC(CO)C(O)C(OS(=O)(=O)O)C1O)OC(=O)CCCCCCCCCCCCCCCCCCCCCC. The van der Waals surface area contributed by atoms with Crippen LogP contribution in [0.3, 0.4) is 0 Å². The summed E-state index contributed by atoms with van der Waals surface area (Å²) in [5.41, 5.74) is 0. The molecule has 60 heavy (non-hydrogen) atoms. The van der Waals surface area contributed by atoms with E-state index < -0.39 is 59.8 Å². The Hall–Kier alpha value is -1.16. The van der Waals surface area contributed by atoms with Gasteiger partial charge in [-0.2, -0.15) is 8.42 Å². The van der Waals surface area contributed by atoms with Crippen molar-refractivity contribution in [1.29, 1.82) is 0 Å². The number of allylic oxidation sites excluding steroid dienone is 2. The van der Waals surface area contributed by atoms with Gasteiger partial charge in [-0.05, 0) is 38.5 Å². The molecule has 1 saturated heterocycles. The minimum Gasteiger partial charge on any atom is -0.457 e. The molecule has 0 aromatic carbocycles. The van der Waals surface area contributed by atoms with Crippen molar-refractivity contribution in [3.8, 4) is 0 Å². The Balaban J connectivity index is 2.36. The molecule has 1 aliphatic rings. The van der Waals surface area contributed by atoms with Crippen molar-refractivity contribution in [2.24, 2.45) is 0 Å². The molecule has 4 N–H and O–H groups in total. The van der Waals surface area contributed by atoms with E-state index in [2.05, 4.69) is 30.2 Å². The Morgan fingerprint density at radius 3 is 1.53 bits per heavy atom. The molecule has 1 heterocycles. The van der Waals surface area contributed by atoms with Gasteiger partial charge in [-0.3, -0.25) is 9.35 Å². The predicted octanol–water partition coefficient (Wildman–Crippen LogP) is 10.6. The molecule has 1 rings (SSSR count). The molecule has 1 aliphatic heterocycles. The third-order valence-corrected chi connectivity index (χ3v) is 11.9. The second-order valence-electron chi connectivity index (χ2n) is 17.1. The van der Waals surface area contributed by atoms with Crippen molar-refractivity contribution in [1.82, 2.24) is 0 Å². The standard InChI is InChI=1S/C47H90O12S/c1-3-5-7-9-11-13-15-17-18-19-20-21-22-23-24-26-28-30-32-34-36-43(49)57-41(39-55-37-35-33-31-29-27-25-16-14-12-10-8-6-4-2)40-56-47-45(51)46(59-60(52,53)54)44(50)42(38-48)58-47/h12,14,41-42,44-48,50-51H,3-11,13,15-40H2,1-2H3,(H,52,53,54)/b14-12-. The average molecular weight is 879 g/mol. The summed E-state index contributed by atoms with van der Waals surface area (Å²) >= 11 is 0. The molecular formula is C47H90O12S. The highest BCUT2D eigenvalue weighted by Gasteiger charge is 2.48. The zero-order chi connectivity index (χ0) is 43.9. The molecule has 0 radical (unpaired) electrons. The zero-order valence-corrected chi connectivity index (χ0v) is 38.9. The van der Waals surface area contributed by atoms with Crippen LogP contribution in [0.25, 0.3) is 0 Å². The molecule has 6 unspecified atom stereocenters. The quantitative estimate of drug-likeness (QED) is 0.0197. The molecule has 13 heteroatoms. The Kier molecular flexibility index (Phi) is 37.4. The van der Waals surface area contributed by atoms with E-state index >= 15 is 0 Å². The fraction of sp³-hybridized carbons (Fsp3) is 0.936. The Morgan fingerprint density at radius 1 is 0.617 bits per heavy atom. The lowest BCUT2D eigenvalue weighted by Gasteiger charge is -2.41. The first-order valence-electron chi connectivity index (χ1n) is 24.4. The summed E-state index contributed by atoms with van der Waals surface area (Å²) in [6.45, 7) is 3.99. The normalized spacial score (nSPS) is 20.3. The molecule has 356 valence electrons. The van der Waals surface area contributed by atoms with Gasteiger partial charge in [0.25, 0.3) is 0 Å². The second kappa shape index (κ2) is 39.4. The summed E-state index contributed by atoms with van der Waals surface area (Å²) in [6, 6.07) is 0. The maximum Gasteiger partial charge on any atom is 0.397 e. The van der Waals surface area contributed by atoms with Gasteiger partial charge in [0.1, 0.15) is 30.5 Å². The molecule has 0 aliphatic carbocycles. The summed E-state index contributed by atoms with van der Waals surface area (Å²) in [4.78, 5) is 12.9. The van der Waals surface area contributed by atoms with Crippen LogP contribution in [0.15, 0.2) is 12.2 Å². The second-order valence-corrected chi connectivity index (χ2v) is 18.1. The largest absolute Gasteiger partial charge is 0.457 e. The number of hydrogen-bond acceptors (Lipinski definition) is 11. The highest BCUT2D eigenvalue weighted by Crippen LogP contribution is 2.26. The average Bonchev–Trinajstić information content (AvgIpc) is 3.22. The summed E-state index contributed by atoms with van der Waals surface area (Å²) in [5.74, 6) is -0.397. The number of carbonyl (C=O) groups excluding carboxylic acids is 1. The van der Waals surface area contributed by atoms with Crippen molar-refractivity contribution < 1.29 is 56.2 Å². The van der Waals surface area contributed by atoms with E-state index in [1.807, 2.05) is 0 Å². The summed E-state index contributed by atoms with van der Waals surface area (Å²) in [5, 5.41) is 30.7. The number of unbranched alkanes of at least 4 members (excludes halogenated alkanes) is 28. The maximum absolute atomic E-state index is 12.9. The third kappa shape index (κ3) is 32.5. The monoisotopic (exact) mass is 879 g/mol. The van der Waals surface area contributed by atoms with Crippen LogP contribution in [0.5, 0.6) is 0 Å². The number of ether oxygens (including phenoxy) is 4. The summed E-state index contributed by atoms with van der Waals surface area (Å²) in [6.07, 6.45) is 33.9. The van der Waals surface area contributed by atoms with E-state index in [1.165, 1.54) is 148 Å². The molecule has 0 aromatic heterocycles. The van der Waals surface area contributed by atoms with Gasteiger partial charge in [0.15, 0.2) is 6.29 Å². The first kappa shape index (κ1) is 56.9. The van der Waals surface area contributed by atoms with Crippen LogP contribution in [-0.2, 0) is 38.3 Å². The smallest absolute Gasteiger partial charge is 0.397 e. The van der Waals surface area contributed by atoms with Gasteiger partial charge in [-0.25, -0.2) is 4.18 Å². The highest BCUT2D eigenvalue weighted by atomic mass is 32.3. The third-order valence-electron chi connectivity index (χ3n) is 11.4. The Morgan fingerprint density at radius 2 is 1.05 bits per heavy atom. The summed E-state index contributed by atoms with van der Waals surface area (Å²) in [7, 11) is -5.06. The fourth-order valence-corrected chi connectivity index (χ4v) is 8.18. The lowest BCUT2D eigenvalue weighted by atomic mass is 9.99. The molecule has 0 bridgehead atoms. The molecule has 0 spiro atoms. The number of hydrogen-bond donors (Lipinski definition) is 4. The lowest BCUT2D eigenvalue weighted by Crippen LogP contribution is -2.60. The lowest BCUT2D eigenvalue weighted by molar-refractivity contribution is -0.301. The van der Waals surface area contributed by atoms with Gasteiger partial charge >= 0.3 is 16.4 Å². The van der Waals surface area contributed by atoms with Crippen molar-refractivity contribution >= 4 is 16.4 Å². The number of aliphatic hydroxyl groups is 3. The Bertz CT molecular complexity index is 1110. The summed E-state index contributed by atoms with van der Waals surface area (Å²) < 4.78 is 59.1. The van der Waals surface area contributed by atoms with Gasteiger partial charge in [0.05, 0.1) is 19.8 Å². The topological polar surface area (TPSA) is 178 Å². The van der Waals surface area contributed by atoms with Crippen LogP contribution < -0.4 is 0 Å². The minimum atomic E-state index is -5.06. The van der Waals surface area contributed by atoms with Crippen LogP contribution in [0.1, 0.15) is 219 Å². The van der Waals surface area contributed by atoms with E-state index in [9.17, 15) is 28.5 Å². The number of carbonyl (C=O) groups is 1. The van der Waals surface area contributed by atoms with Gasteiger partial charge in [0.2, 0.25) is 0 Å². The molecule has 0 amide bonds. The molecule has 12 nitrogen and oxygen atoms in total. The number of esters is 1. The minimum absolute atomic E-state index is 0.0371. The van der Waals surface area contributed by atoms with Crippen LogP contribution in [0.2, 0.25) is 0 Å². The predicted molar refractivity (Wildman–Crippen MR) is 239 cm³/mol. The highest BCUT2D eigenvalue weighted by molar-refractivity contribution is 7.80. The van der Waals surface area contributed by atoms with Crippen LogP contribution in [0, 0.1) is 0 Å². The fourth-order valence-electron chi connectivity index (χ4n) is 7.67. The van der Waals surface area contributed by atoms with Crippen molar-refractivity contribution in [3.05, 3.63) is 12.2 Å². The van der Waals surface area contributed by atoms with Gasteiger partial charge in [-0.15, -0.1) is 0 Å². The van der Waals surface area contributed by atoms with Gasteiger partial charge < -0.3 is 34.3 Å². The van der Waals surface area contributed by atoms with Crippen molar-refractivity contribution in [2.45, 2.75) is 256 Å². The molecule has 0 aromatic rings. The van der Waals surface area contributed by atoms with E-state index in [4.69, 9.17) is 23.5 Å². The van der Waals surface area contributed by atoms with Crippen molar-refractivity contribution in [2.75, 3.05) is 26.4 Å². The van der Waals surface area contributed by atoms with Crippen LogP contribution in [-0.4, -0.2) is 97.5 Å². The first-order valence-corrected chi connectivity index (χ1v) is 25.8. The van der Waals surface area contributed by atoms with Gasteiger partial charge in [0, 0.05) is 13.0 Å². The Labute approximate surface area is 366 Å². The van der Waals surface area contributed by atoms with Crippen LogP contribution in [0.4, 0.5) is 0 Å². The number of aliphatic hydroxyl groups excluding tert-OH is 3. The van der Waals surface area contributed by atoms with E-state index in [0.717, 1.165) is 44.9 Å². The van der Waals surface area contributed by atoms with Crippen LogP contribution >= 0.6 is 0 Å². The van der Waals surface area contributed by atoms with E-state index in [-0.39, 0.29) is 19.6 Å². The maximum atomic E-state index is 12.9. The molecular weight excluding hydrogens is 789 g/mol. The first-order chi connectivity index (χ1) is 29.1. The van der Waals surface area contributed by atoms with Crippen molar-refractivity contribution in [3.63, 3.8) is 0 Å². The molecule has 1 fully saturated rings. The molecule has 0 saturated carbocycles. The van der Waals surface area contributed by atoms with E-state index in [1.54, 1.807) is 0 Å². The van der Waals surface area contributed by atoms with Gasteiger partial charge in [-0.1, -0.05) is 187 Å². The molecule has 6 atom stereocenters.